The van der Waals surface area contributed by atoms with Gasteiger partial charge in [-0.3, -0.25) is 4.79 Å². The normalized spacial score (nSPS) is 11.2. The second-order valence-corrected chi connectivity index (χ2v) is 3.34. The van der Waals surface area contributed by atoms with E-state index < -0.39 is 0 Å². The van der Waals surface area contributed by atoms with Crippen LogP contribution in [0.2, 0.25) is 0 Å². The predicted octanol–water partition coefficient (Wildman–Crippen LogP) is 1.11. The molecule has 0 spiro atoms. The van der Waals surface area contributed by atoms with Gasteiger partial charge in [0.1, 0.15) is 11.3 Å². The summed E-state index contributed by atoms with van der Waals surface area (Å²) in [5, 5.41) is 17.0. The van der Waals surface area contributed by atoms with Gasteiger partial charge in [0.2, 0.25) is 0 Å². The smallest absolute Gasteiger partial charge is 0.288 e. The Morgan fingerprint density at radius 2 is 2.13 bits per heavy atom. The van der Waals surface area contributed by atoms with Crippen LogP contribution in [0.15, 0.2) is 29.2 Å². The number of nitrogens with one attached hydrogen (secondary N) is 2. The van der Waals surface area contributed by atoms with E-state index in [-0.39, 0.29) is 11.3 Å². The van der Waals surface area contributed by atoms with Gasteiger partial charge in [-0.1, -0.05) is 0 Å². The number of rotatable bonds is 0. The maximum Gasteiger partial charge on any atom is 0.288 e. The van der Waals surface area contributed by atoms with Crippen LogP contribution in [0.25, 0.3) is 21.8 Å². The topological polar surface area (TPSA) is 81.8 Å². The third-order valence-corrected chi connectivity index (χ3v) is 2.41. The molecule has 0 aliphatic carbocycles. The largest absolute Gasteiger partial charge is 0.508 e. The number of aromatic hydroxyl groups is 1. The number of aromatic nitrogens is 3. The second-order valence-electron chi connectivity index (χ2n) is 3.34. The van der Waals surface area contributed by atoms with Crippen molar-refractivity contribution in [2.24, 2.45) is 0 Å². The molecule has 0 radical (unpaired) electrons. The molecule has 0 fully saturated rings. The average Bonchev–Trinajstić information content (AvgIpc) is 2.57. The average molecular weight is 201 g/mol. The van der Waals surface area contributed by atoms with Gasteiger partial charge >= 0.3 is 0 Å². The lowest BCUT2D eigenvalue weighted by molar-refractivity contribution is 0.476. The summed E-state index contributed by atoms with van der Waals surface area (Å²) in [5.41, 5.74) is 0.942. The van der Waals surface area contributed by atoms with Gasteiger partial charge in [-0.15, -0.1) is 0 Å². The van der Waals surface area contributed by atoms with Crippen molar-refractivity contribution >= 4 is 21.8 Å². The molecule has 0 aliphatic rings. The first-order valence-electron chi connectivity index (χ1n) is 4.44. The van der Waals surface area contributed by atoms with Crippen molar-refractivity contribution in [3.05, 3.63) is 34.7 Å². The molecule has 5 heteroatoms. The van der Waals surface area contributed by atoms with E-state index in [0.717, 1.165) is 16.3 Å². The Balaban J connectivity index is 2.63. The summed E-state index contributed by atoms with van der Waals surface area (Å²) in [6, 6.07) is 4.91. The van der Waals surface area contributed by atoms with Crippen LogP contribution >= 0.6 is 0 Å². The van der Waals surface area contributed by atoms with Gasteiger partial charge in [0, 0.05) is 16.8 Å². The molecule has 3 aromatic rings. The monoisotopic (exact) mass is 201 g/mol. The van der Waals surface area contributed by atoms with Gasteiger partial charge in [-0.2, -0.15) is 5.10 Å². The van der Waals surface area contributed by atoms with E-state index >= 15 is 0 Å². The number of benzene rings is 1. The van der Waals surface area contributed by atoms with Gasteiger partial charge in [-0.05, 0) is 12.1 Å². The van der Waals surface area contributed by atoms with Gasteiger partial charge in [0.15, 0.2) is 0 Å². The third kappa shape index (κ3) is 1.03. The molecule has 0 saturated carbocycles. The predicted molar refractivity (Wildman–Crippen MR) is 55.9 cm³/mol. The fraction of sp³-hybridized carbons (Fsp3) is 0. The molecular formula is C10H7N3O2. The quantitative estimate of drug-likeness (QED) is 0.509. The lowest BCUT2D eigenvalue weighted by Gasteiger charge is -1.91. The van der Waals surface area contributed by atoms with Gasteiger partial charge in [0.25, 0.3) is 5.56 Å². The molecule has 0 amide bonds. The highest BCUT2D eigenvalue weighted by atomic mass is 16.3. The van der Waals surface area contributed by atoms with E-state index in [0.29, 0.717) is 5.52 Å². The van der Waals surface area contributed by atoms with Crippen LogP contribution in [-0.4, -0.2) is 20.3 Å². The van der Waals surface area contributed by atoms with Crippen LogP contribution in [0, 0.1) is 0 Å². The van der Waals surface area contributed by atoms with E-state index in [2.05, 4.69) is 15.2 Å². The molecule has 5 nitrogen and oxygen atoms in total. The Morgan fingerprint density at radius 3 is 3.00 bits per heavy atom. The minimum atomic E-state index is -0.261. The van der Waals surface area contributed by atoms with Crippen molar-refractivity contribution in [2.45, 2.75) is 0 Å². The summed E-state index contributed by atoms with van der Waals surface area (Å²) in [4.78, 5) is 14.4. The highest BCUT2D eigenvalue weighted by Gasteiger charge is 2.07. The Hall–Kier alpha value is -2.30. The molecule has 1 aromatic carbocycles. The Bertz CT molecular complexity index is 711. The molecule has 3 rings (SSSR count). The first-order chi connectivity index (χ1) is 7.25. The molecule has 2 aromatic heterocycles. The van der Waals surface area contributed by atoms with E-state index in [9.17, 15) is 9.90 Å². The first kappa shape index (κ1) is 8.05. The molecule has 0 unspecified atom stereocenters. The summed E-state index contributed by atoms with van der Waals surface area (Å²) < 4.78 is 0. The van der Waals surface area contributed by atoms with Crippen LogP contribution in [0.5, 0.6) is 5.75 Å². The summed E-state index contributed by atoms with van der Waals surface area (Å²) in [6.07, 6.45) is 1.59. The maximum absolute atomic E-state index is 11.4. The zero-order valence-corrected chi connectivity index (χ0v) is 7.61. The zero-order chi connectivity index (χ0) is 10.4. The van der Waals surface area contributed by atoms with Gasteiger partial charge in [-0.25, -0.2) is 5.10 Å². The molecule has 74 valence electrons. The van der Waals surface area contributed by atoms with Crippen LogP contribution in [0.1, 0.15) is 0 Å². The minimum absolute atomic E-state index is 0.165. The van der Waals surface area contributed by atoms with Gasteiger partial charge < -0.3 is 10.1 Å². The molecular weight excluding hydrogens is 194 g/mol. The van der Waals surface area contributed by atoms with Crippen molar-refractivity contribution < 1.29 is 5.11 Å². The third-order valence-electron chi connectivity index (χ3n) is 2.41. The molecule has 0 atom stereocenters. The number of H-pyrrole nitrogens is 2. The Morgan fingerprint density at radius 1 is 1.27 bits per heavy atom. The lowest BCUT2D eigenvalue weighted by atomic mass is 10.2. The molecule has 0 aliphatic heterocycles. The summed E-state index contributed by atoms with van der Waals surface area (Å²) in [5.74, 6) is 0.165. The number of phenols is 1. The van der Waals surface area contributed by atoms with Crippen molar-refractivity contribution in [3.63, 3.8) is 0 Å². The molecule has 3 N–H and O–H groups in total. The molecule has 0 saturated heterocycles. The van der Waals surface area contributed by atoms with Crippen molar-refractivity contribution in [3.8, 4) is 5.75 Å². The van der Waals surface area contributed by atoms with E-state index in [1.807, 2.05) is 0 Å². The highest BCUT2D eigenvalue weighted by molar-refractivity contribution is 6.06. The first-order valence-corrected chi connectivity index (χ1v) is 4.44. The Labute approximate surface area is 83.4 Å². The number of aromatic amines is 2. The van der Waals surface area contributed by atoms with Crippen molar-refractivity contribution in [1.29, 1.82) is 0 Å². The summed E-state index contributed by atoms with van der Waals surface area (Å²) in [6.45, 7) is 0. The standard InChI is InChI=1S/C10H7N3O2/c14-5-1-2-6-7-4-11-13-10(15)9(7)12-8(6)3-5/h1-4,12,14H,(H,13,15). The van der Waals surface area contributed by atoms with E-state index in [1.54, 1.807) is 24.4 Å². The van der Waals surface area contributed by atoms with Crippen LogP contribution in [0.3, 0.4) is 0 Å². The van der Waals surface area contributed by atoms with Crippen molar-refractivity contribution in [1.82, 2.24) is 15.2 Å². The number of nitrogens with zero attached hydrogens (tertiary/aromatic N) is 1. The van der Waals surface area contributed by atoms with E-state index in [4.69, 9.17) is 0 Å². The fourth-order valence-corrected chi connectivity index (χ4v) is 1.73. The minimum Gasteiger partial charge on any atom is -0.508 e. The maximum atomic E-state index is 11.4. The number of fused-ring (bicyclic) bond motifs is 3. The molecule has 15 heavy (non-hydrogen) atoms. The number of hydrogen-bond donors (Lipinski definition) is 3. The van der Waals surface area contributed by atoms with Crippen LogP contribution in [0.4, 0.5) is 0 Å². The molecule has 0 bridgehead atoms. The number of hydrogen-bond acceptors (Lipinski definition) is 3. The van der Waals surface area contributed by atoms with Crippen LogP contribution in [-0.2, 0) is 0 Å². The SMILES string of the molecule is O=c1[nH]ncc2c1[nH]c1cc(O)ccc12. The zero-order valence-electron chi connectivity index (χ0n) is 7.61. The van der Waals surface area contributed by atoms with E-state index in [1.165, 1.54) is 0 Å². The fourth-order valence-electron chi connectivity index (χ4n) is 1.73. The lowest BCUT2D eigenvalue weighted by Crippen LogP contribution is -2.06. The van der Waals surface area contributed by atoms with Crippen molar-refractivity contribution in [2.75, 3.05) is 0 Å². The second kappa shape index (κ2) is 2.60. The number of phenolic OH excluding ortho intramolecular Hbond substituents is 1. The molecule has 2 heterocycles. The van der Waals surface area contributed by atoms with Crippen LogP contribution < -0.4 is 5.56 Å². The van der Waals surface area contributed by atoms with Gasteiger partial charge in [0.05, 0.1) is 11.7 Å². The summed E-state index contributed by atoms with van der Waals surface area (Å²) >= 11 is 0. The highest BCUT2D eigenvalue weighted by Crippen LogP contribution is 2.25. The summed E-state index contributed by atoms with van der Waals surface area (Å²) in [7, 11) is 0. The Kier molecular flexibility index (Phi) is 1.39.